The third kappa shape index (κ3) is 1.64. The van der Waals surface area contributed by atoms with Crippen LogP contribution >= 0.6 is 0 Å². The van der Waals surface area contributed by atoms with Crippen LogP contribution in [0.15, 0.2) is 11.6 Å². The van der Waals surface area contributed by atoms with Crippen LogP contribution in [0.3, 0.4) is 0 Å². The molecule has 0 spiro atoms. The largest absolute Gasteiger partial charge is 0.433 e. The first-order valence-electron chi connectivity index (χ1n) is 6.84. The van der Waals surface area contributed by atoms with Crippen molar-refractivity contribution in [2.75, 3.05) is 0 Å². The van der Waals surface area contributed by atoms with Crippen LogP contribution < -0.4 is 0 Å². The Balaban J connectivity index is 1.61. The Morgan fingerprint density at radius 1 is 1.05 bits per heavy atom. The number of epoxide rings is 1. The molecule has 20 heavy (non-hydrogen) atoms. The quantitative estimate of drug-likeness (QED) is 0.301. The molecule has 3 heterocycles. The molecular formula is C14H14O6. The van der Waals surface area contributed by atoms with Crippen molar-refractivity contribution < 1.29 is 28.6 Å². The fraction of sp³-hybridized carbons (Fsp3) is 0.643. The van der Waals surface area contributed by atoms with E-state index in [1.54, 1.807) is 0 Å². The Kier molecular flexibility index (Phi) is 2.36. The number of cyclic esters (lactones) is 2. The summed E-state index contributed by atoms with van der Waals surface area (Å²) in [6, 6.07) is 0. The molecule has 106 valence electrons. The number of carbonyl (C=O) groups excluding carboxylic acids is 3. The zero-order valence-corrected chi connectivity index (χ0v) is 10.9. The second-order valence-electron chi connectivity index (χ2n) is 5.96. The number of fused-ring (bicyclic) bond motifs is 2. The van der Waals surface area contributed by atoms with Gasteiger partial charge in [0.25, 0.3) is 0 Å². The first-order chi connectivity index (χ1) is 9.54. The van der Waals surface area contributed by atoms with Crippen molar-refractivity contribution in [2.45, 2.75) is 32.2 Å². The van der Waals surface area contributed by atoms with Crippen LogP contribution in [0.2, 0.25) is 0 Å². The van der Waals surface area contributed by atoms with Crippen molar-refractivity contribution in [1.29, 1.82) is 0 Å². The van der Waals surface area contributed by atoms with Crippen molar-refractivity contribution in [3.8, 4) is 0 Å². The molecule has 4 rings (SSSR count). The monoisotopic (exact) mass is 278 g/mol. The first-order valence-corrected chi connectivity index (χ1v) is 6.84. The molecule has 3 saturated heterocycles. The van der Waals surface area contributed by atoms with Gasteiger partial charge < -0.3 is 14.2 Å². The molecule has 0 aromatic carbocycles. The van der Waals surface area contributed by atoms with Gasteiger partial charge in [0.05, 0.1) is 17.8 Å². The Hall–Kier alpha value is -1.69. The van der Waals surface area contributed by atoms with E-state index in [-0.39, 0.29) is 30.2 Å². The number of hydrogen-bond donors (Lipinski definition) is 0. The van der Waals surface area contributed by atoms with Gasteiger partial charge in [0.2, 0.25) is 6.29 Å². The Bertz CT molecular complexity index is 550. The van der Waals surface area contributed by atoms with E-state index in [1.807, 2.05) is 13.0 Å². The molecule has 6 unspecified atom stereocenters. The summed E-state index contributed by atoms with van der Waals surface area (Å²) in [5.74, 6) is -2.52. The van der Waals surface area contributed by atoms with Crippen LogP contribution in [0.5, 0.6) is 0 Å². The number of rotatable bonds is 1. The fourth-order valence-corrected chi connectivity index (χ4v) is 3.65. The summed E-state index contributed by atoms with van der Waals surface area (Å²) in [4.78, 5) is 35.3. The van der Waals surface area contributed by atoms with E-state index < -0.39 is 23.8 Å². The first kappa shape index (κ1) is 12.1. The third-order valence-electron chi connectivity index (χ3n) is 4.73. The second-order valence-corrected chi connectivity index (χ2v) is 5.96. The molecule has 0 saturated carbocycles. The predicted octanol–water partition coefficient (Wildman–Crippen LogP) is 0.556. The maximum atomic E-state index is 12.0. The number of ether oxygens (including phenoxy) is 3. The van der Waals surface area contributed by atoms with Crippen LogP contribution in [0.1, 0.15) is 19.8 Å². The van der Waals surface area contributed by atoms with Gasteiger partial charge in [-0.3, -0.25) is 14.4 Å². The molecule has 4 aliphatic rings. The fourth-order valence-electron chi connectivity index (χ4n) is 3.65. The van der Waals surface area contributed by atoms with Gasteiger partial charge in [-0.2, -0.15) is 0 Å². The minimum absolute atomic E-state index is 0.00120. The molecular weight excluding hydrogens is 264 g/mol. The van der Waals surface area contributed by atoms with Crippen molar-refractivity contribution in [1.82, 2.24) is 0 Å². The standard InChI is InChI=1S/C14H14O6/c1-5-2-6(3-8-10(5)13(17)19-12(8)16)7-4-9-14(18-9)20-11(7)15/h2,6-10,14H,3-4H2,1H3. The van der Waals surface area contributed by atoms with E-state index in [0.717, 1.165) is 5.57 Å². The van der Waals surface area contributed by atoms with Crippen LogP contribution in [-0.2, 0) is 28.6 Å². The van der Waals surface area contributed by atoms with Crippen molar-refractivity contribution >= 4 is 17.9 Å². The number of hydrogen-bond acceptors (Lipinski definition) is 6. The number of allylic oxidation sites excluding steroid dienone is 1. The van der Waals surface area contributed by atoms with Gasteiger partial charge in [-0.25, -0.2) is 0 Å². The molecule has 0 aromatic heterocycles. The van der Waals surface area contributed by atoms with E-state index >= 15 is 0 Å². The summed E-state index contributed by atoms with van der Waals surface area (Å²) in [6.45, 7) is 1.81. The van der Waals surface area contributed by atoms with Gasteiger partial charge in [-0.15, -0.1) is 0 Å². The van der Waals surface area contributed by atoms with Crippen molar-refractivity contribution in [2.24, 2.45) is 23.7 Å². The molecule has 0 N–H and O–H groups in total. The normalized spacial score (nSPS) is 46.0. The van der Waals surface area contributed by atoms with E-state index in [0.29, 0.717) is 12.8 Å². The summed E-state index contributed by atoms with van der Waals surface area (Å²) < 4.78 is 15.1. The molecule has 6 heteroatoms. The lowest BCUT2D eigenvalue weighted by molar-refractivity contribution is -0.158. The highest BCUT2D eigenvalue weighted by Gasteiger charge is 2.55. The predicted molar refractivity (Wildman–Crippen MR) is 62.8 cm³/mol. The van der Waals surface area contributed by atoms with Gasteiger partial charge >= 0.3 is 17.9 Å². The lowest BCUT2D eigenvalue weighted by Gasteiger charge is -2.31. The van der Waals surface area contributed by atoms with Crippen molar-refractivity contribution in [3.05, 3.63) is 11.6 Å². The molecule has 0 bridgehead atoms. The highest BCUT2D eigenvalue weighted by atomic mass is 16.8. The highest BCUT2D eigenvalue weighted by Crippen LogP contribution is 2.46. The average molecular weight is 278 g/mol. The lowest BCUT2D eigenvalue weighted by Crippen LogP contribution is -2.36. The van der Waals surface area contributed by atoms with Crippen LogP contribution in [0.25, 0.3) is 0 Å². The van der Waals surface area contributed by atoms with E-state index in [4.69, 9.17) is 14.2 Å². The third-order valence-corrected chi connectivity index (χ3v) is 4.73. The molecule has 0 aromatic rings. The highest BCUT2D eigenvalue weighted by molar-refractivity contribution is 5.98. The molecule has 0 amide bonds. The zero-order valence-electron chi connectivity index (χ0n) is 10.9. The van der Waals surface area contributed by atoms with E-state index in [2.05, 4.69) is 0 Å². The number of carbonyl (C=O) groups is 3. The summed E-state index contributed by atoms with van der Waals surface area (Å²) in [5, 5.41) is 0. The number of esters is 3. The molecule has 6 nitrogen and oxygen atoms in total. The van der Waals surface area contributed by atoms with Gasteiger partial charge in [-0.05, 0) is 25.7 Å². The van der Waals surface area contributed by atoms with Crippen LogP contribution in [-0.4, -0.2) is 30.3 Å². The molecule has 1 aliphatic carbocycles. The zero-order chi connectivity index (χ0) is 14.0. The minimum atomic E-state index is -0.470. The maximum absolute atomic E-state index is 12.0. The lowest BCUT2D eigenvalue weighted by atomic mass is 9.71. The molecule has 6 atom stereocenters. The van der Waals surface area contributed by atoms with Crippen molar-refractivity contribution in [3.63, 3.8) is 0 Å². The minimum Gasteiger partial charge on any atom is -0.433 e. The van der Waals surface area contributed by atoms with Gasteiger partial charge in [0.15, 0.2) is 0 Å². The van der Waals surface area contributed by atoms with Crippen LogP contribution in [0.4, 0.5) is 0 Å². The SMILES string of the molecule is CC1=CC(C2CC3OC3OC2=O)CC2C(=O)OC(=O)C12. The summed E-state index contributed by atoms with van der Waals surface area (Å²) in [7, 11) is 0. The smallest absolute Gasteiger partial charge is 0.321 e. The summed E-state index contributed by atoms with van der Waals surface area (Å²) >= 11 is 0. The molecule has 3 aliphatic heterocycles. The maximum Gasteiger partial charge on any atom is 0.321 e. The topological polar surface area (TPSA) is 82.2 Å². The molecule has 0 radical (unpaired) electrons. The second kappa shape index (κ2) is 3.91. The Morgan fingerprint density at radius 2 is 1.85 bits per heavy atom. The van der Waals surface area contributed by atoms with Gasteiger partial charge in [0, 0.05) is 0 Å². The summed E-state index contributed by atoms with van der Waals surface area (Å²) in [6.07, 6.45) is 2.65. The average Bonchev–Trinajstić information content (AvgIpc) is 3.07. The van der Waals surface area contributed by atoms with Gasteiger partial charge in [-0.1, -0.05) is 11.6 Å². The van der Waals surface area contributed by atoms with Crippen LogP contribution in [0, 0.1) is 23.7 Å². The van der Waals surface area contributed by atoms with Gasteiger partial charge in [0.1, 0.15) is 6.10 Å². The Morgan fingerprint density at radius 3 is 2.65 bits per heavy atom. The Labute approximate surface area is 115 Å². The van der Waals surface area contributed by atoms with E-state index in [1.165, 1.54) is 0 Å². The summed E-state index contributed by atoms with van der Waals surface area (Å²) in [5.41, 5.74) is 0.814. The van der Waals surface area contributed by atoms with E-state index in [9.17, 15) is 14.4 Å². The molecule has 3 fully saturated rings.